The van der Waals surface area contributed by atoms with E-state index in [-0.39, 0.29) is 30.3 Å². The quantitative estimate of drug-likeness (QED) is 0.724. The number of anilines is 2. The standard InChI is InChI=1S/C23H24N4O3/c1-15-5-3-7-19-22(15)24-14-26(23(19)30)12-10-21(29)25-18-8-9-20-17(13-18)6-4-11-27(20)16(2)28/h3,5,7-9,13-14H,4,6,10-12H2,1-2H3,(H,25,29). The lowest BCUT2D eigenvalue weighted by molar-refractivity contribution is -0.117. The number of aromatic nitrogens is 2. The highest BCUT2D eigenvalue weighted by atomic mass is 16.2. The van der Waals surface area contributed by atoms with E-state index in [4.69, 9.17) is 0 Å². The lowest BCUT2D eigenvalue weighted by Crippen LogP contribution is -2.33. The predicted octanol–water partition coefficient (Wildman–Crippen LogP) is 3.03. The summed E-state index contributed by atoms with van der Waals surface area (Å²) in [6.07, 6.45) is 3.44. The number of benzene rings is 2. The first-order valence-corrected chi connectivity index (χ1v) is 10.1. The van der Waals surface area contributed by atoms with E-state index in [2.05, 4.69) is 10.3 Å². The molecule has 0 spiro atoms. The zero-order valence-corrected chi connectivity index (χ0v) is 17.1. The lowest BCUT2D eigenvalue weighted by Gasteiger charge is -2.29. The van der Waals surface area contributed by atoms with Gasteiger partial charge in [0.2, 0.25) is 11.8 Å². The Hall–Kier alpha value is -3.48. The van der Waals surface area contributed by atoms with Crippen LogP contribution in [-0.4, -0.2) is 27.9 Å². The molecule has 2 heterocycles. The molecule has 0 fully saturated rings. The average molecular weight is 404 g/mol. The molecule has 7 nitrogen and oxygen atoms in total. The van der Waals surface area contributed by atoms with Crippen molar-refractivity contribution < 1.29 is 9.59 Å². The summed E-state index contributed by atoms with van der Waals surface area (Å²) in [5.74, 6) is -0.150. The number of hydrogen-bond acceptors (Lipinski definition) is 4. The van der Waals surface area contributed by atoms with Crippen LogP contribution in [0.15, 0.2) is 47.5 Å². The second kappa shape index (κ2) is 8.10. The van der Waals surface area contributed by atoms with Crippen molar-refractivity contribution in [2.24, 2.45) is 0 Å². The molecule has 0 saturated heterocycles. The summed E-state index contributed by atoms with van der Waals surface area (Å²) in [5, 5.41) is 3.45. The molecule has 154 valence electrons. The van der Waals surface area contributed by atoms with Gasteiger partial charge < -0.3 is 10.2 Å². The van der Waals surface area contributed by atoms with Crippen molar-refractivity contribution in [3.8, 4) is 0 Å². The third-order valence-corrected chi connectivity index (χ3v) is 5.50. The maximum absolute atomic E-state index is 12.7. The van der Waals surface area contributed by atoms with E-state index in [1.807, 2.05) is 37.3 Å². The fourth-order valence-corrected chi connectivity index (χ4v) is 3.94. The number of aryl methyl sites for hydroxylation is 3. The molecule has 0 bridgehead atoms. The minimum absolute atomic E-state index is 0.0253. The monoisotopic (exact) mass is 404 g/mol. The van der Waals surface area contributed by atoms with Crippen molar-refractivity contribution in [2.45, 2.75) is 39.7 Å². The molecule has 0 saturated carbocycles. The molecule has 1 aliphatic rings. The van der Waals surface area contributed by atoms with E-state index in [9.17, 15) is 14.4 Å². The number of nitrogens with zero attached hydrogens (tertiary/aromatic N) is 3. The molecule has 3 aromatic rings. The third kappa shape index (κ3) is 3.83. The van der Waals surface area contributed by atoms with E-state index in [0.717, 1.165) is 36.2 Å². The van der Waals surface area contributed by atoms with Crippen LogP contribution in [0.1, 0.15) is 30.9 Å². The molecule has 2 aromatic carbocycles. The highest BCUT2D eigenvalue weighted by molar-refractivity contribution is 5.94. The van der Waals surface area contributed by atoms with E-state index < -0.39 is 0 Å². The predicted molar refractivity (Wildman–Crippen MR) is 117 cm³/mol. The molecule has 7 heteroatoms. The summed E-state index contributed by atoms with van der Waals surface area (Å²) >= 11 is 0. The summed E-state index contributed by atoms with van der Waals surface area (Å²) < 4.78 is 1.47. The van der Waals surface area contributed by atoms with Crippen LogP contribution in [0.4, 0.5) is 11.4 Å². The first-order valence-electron chi connectivity index (χ1n) is 10.1. The second-order valence-electron chi connectivity index (χ2n) is 7.63. The smallest absolute Gasteiger partial charge is 0.261 e. The summed E-state index contributed by atoms with van der Waals surface area (Å²) in [6.45, 7) is 4.46. The average Bonchev–Trinajstić information content (AvgIpc) is 2.73. The number of carbonyl (C=O) groups excluding carboxylic acids is 2. The summed E-state index contributed by atoms with van der Waals surface area (Å²) in [5.41, 5.74) is 4.16. The molecule has 0 atom stereocenters. The Morgan fingerprint density at radius 1 is 1.20 bits per heavy atom. The highest BCUT2D eigenvalue weighted by Crippen LogP contribution is 2.29. The molecule has 1 aliphatic heterocycles. The topological polar surface area (TPSA) is 84.3 Å². The van der Waals surface area contributed by atoms with Crippen molar-refractivity contribution in [1.29, 1.82) is 0 Å². The molecule has 0 radical (unpaired) electrons. The van der Waals surface area contributed by atoms with Crippen LogP contribution in [-0.2, 0) is 22.6 Å². The van der Waals surface area contributed by atoms with Crippen LogP contribution in [0, 0.1) is 6.92 Å². The van der Waals surface area contributed by atoms with Crippen molar-refractivity contribution >= 4 is 34.1 Å². The number of para-hydroxylation sites is 1. The second-order valence-corrected chi connectivity index (χ2v) is 7.63. The van der Waals surface area contributed by atoms with Crippen molar-refractivity contribution in [1.82, 2.24) is 9.55 Å². The van der Waals surface area contributed by atoms with Gasteiger partial charge in [0.15, 0.2) is 0 Å². The Morgan fingerprint density at radius 3 is 2.83 bits per heavy atom. The van der Waals surface area contributed by atoms with Crippen LogP contribution < -0.4 is 15.8 Å². The van der Waals surface area contributed by atoms with Gasteiger partial charge in [-0.1, -0.05) is 12.1 Å². The molecule has 1 aromatic heterocycles. The van der Waals surface area contributed by atoms with Gasteiger partial charge in [-0.3, -0.25) is 19.0 Å². The molecular formula is C23H24N4O3. The summed E-state index contributed by atoms with van der Waals surface area (Å²) in [6, 6.07) is 11.1. The van der Waals surface area contributed by atoms with Gasteiger partial charge in [-0.15, -0.1) is 0 Å². The summed E-state index contributed by atoms with van der Waals surface area (Å²) in [4.78, 5) is 43.0. The maximum Gasteiger partial charge on any atom is 0.261 e. The SMILES string of the molecule is CC(=O)N1CCCc2cc(NC(=O)CCn3cnc4c(C)cccc4c3=O)ccc21. The van der Waals surface area contributed by atoms with Crippen LogP contribution in [0.5, 0.6) is 0 Å². The first kappa shape index (κ1) is 19.8. The van der Waals surface area contributed by atoms with Crippen LogP contribution in [0.2, 0.25) is 0 Å². The van der Waals surface area contributed by atoms with Crippen molar-refractivity contribution in [3.05, 3.63) is 64.2 Å². The van der Waals surface area contributed by atoms with Gasteiger partial charge in [0.1, 0.15) is 0 Å². The molecular weight excluding hydrogens is 380 g/mol. The number of fused-ring (bicyclic) bond motifs is 2. The normalized spacial score (nSPS) is 13.2. The Bertz CT molecular complexity index is 1200. The largest absolute Gasteiger partial charge is 0.326 e. The third-order valence-electron chi connectivity index (χ3n) is 5.50. The Morgan fingerprint density at radius 2 is 2.03 bits per heavy atom. The molecule has 0 aliphatic carbocycles. The zero-order valence-electron chi connectivity index (χ0n) is 17.1. The number of carbonyl (C=O) groups is 2. The van der Waals surface area contributed by atoms with Gasteiger partial charge in [0, 0.05) is 37.8 Å². The lowest BCUT2D eigenvalue weighted by atomic mass is 10.0. The van der Waals surface area contributed by atoms with Crippen LogP contribution in [0.25, 0.3) is 10.9 Å². The minimum atomic E-state index is -0.176. The Balaban J connectivity index is 1.45. The van der Waals surface area contributed by atoms with Gasteiger partial charge in [-0.2, -0.15) is 0 Å². The fourth-order valence-electron chi connectivity index (χ4n) is 3.94. The van der Waals surface area contributed by atoms with E-state index in [1.54, 1.807) is 17.9 Å². The van der Waals surface area contributed by atoms with Gasteiger partial charge in [0.25, 0.3) is 5.56 Å². The van der Waals surface area contributed by atoms with Crippen LogP contribution >= 0.6 is 0 Å². The minimum Gasteiger partial charge on any atom is -0.326 e. The highest BCUT2D eigenvalue weighted by Gasteiger charge is 2.20. The zero-order chi connectivity index (χ0) is 21.3. The Kier molecular flexibility index (Phi) is 5.35. The number of rotatable bonds is 4. The number of nitrogens with one attached hydrogen (secondary N) is 1. The molecule has 1 N–H and O–H groups in total. The maximum atomic E-state index is 12.7. The molecule has 2 amide bonds. The van der Waals surface area contributed by atoms with Gasteiger partial charge >= 0.3 is 0 Å². The van der Waals surface area contributed by atoms with Gasteiger partial charge in [0.05, 0.1) is 17.2 Å². The molecule has 0 unspecified atom stereocenters. The Labute approximate surface area is 174 Å². The van der Waals surface area contributed by atoms with Gasteiger partial charge in [-0.05, 0) is 55.2 Å². The van der Waals surface area contributed by atoms with Crippen LogP contribution in [0.3, 0.4) is 0 Å². The van der Waals surface area contributed by atoms with E-state index in [1.165, 1.54) is 10.9 Å². The molecule has 30 heavy (non-hydrogen) atoms. The van der Waals surface area contributed by atoms with E-state index >= 15 is 0 Å². The fraction of sp³-hybridized carbons (Fsp3) is 0.304. The molecule has 4 rings (SSSR count). The van der Waals surface area contributed by atoms with Crippen molar-refractivity contribution in [3.63, 3.8) is 0 Å². The van der Waals surface area contributed by atoms with Crippen molar-refractivity contribution in [2.75, 3.05) is 16.8 Å². The summed E-state index contributed by atoms with van der Waals surface area (Å²) in [7, 11) is 0. The number of hydrogen-bond donors (Lipinski definition) is 1. The van der Waals surface area contributed by atoms with E-state index in [0.29, 0.717) is 16.6 Å². The number of amides is 2. The first-order chi connectivity index (χ1) is 14.4. The van der Waals surface area contributed by atoms with Gasteiger partial charge in [-0.25, -0.2) is 4.98 Å².